The number of aliphatic hydroxyl groups is 2. The molecule has 0 heterocycles. The summed E-state index contributed by atoms with van der Waals surface area (Å²) in [6.45, 7) is 6.36. The summed E-state index contributed by atoms with van der Waals surface area (Å²) in [6.07, 6.45) is 8.07. The minimum atomic E-state index is -1.50. The number of hydrogen-bond acceptors (Lipinski definition) is 2. The fraction of sp³-hybridized carbons (Fsp3) is 0.636. The van der Waals surface area contributed by atoms with E-state index in [9.17, 15) is 0 Å². The highest BCUT2D eigenvalue weighted by Gasteiger charge is 2.09. The van der Waals surface area contributed by atoms with Gasteiger partial charge in [0.25, 0.3) is 0 Å². The monoisotopic (exact) mass is 216 g/mol. The Morgan fingerprint density at radius 2 is 2.14 bits per heavy atom. The number of rotatable bonds is 2. The van der Waals surface area contributed by atoms with E-state index in [1.165, 1.54) is 26.7 Å². The van der Waals surface area contributed by atoms with Crippen LogP contribution in [0.2, 0.25) is 0 Å². The molecule has 14 heavy (non-hydrogen) atoms. The van der Waals surface area contributed by atoms with Gasteiger partial charge in [0, 0.05) is 0 Å². The lowest BCUT2D eigenvalue weighted by Crippen LogP contribution is -2.15. The summed E-state index contributed by atoms with van der Waals surface area (Å²) >= 11 is 0. The highest BCUT2D eigenvalue weighted by molar-refractivity contribution is 7.16. The van der Waals surface area contributed by atoms with Gasteiger partial charge in [-0.1, -0.05) is 17.7 Å². The van der Waals surface area contributed by atoms with E-state index in [0.717, 1.165) is 6.16 Å². The Balaban J connectivity index is 0.000000292. The van der Waals surface area contributed by atoms with Gasteiger partial charge < -0.3 is 10.2 Å². The Morgan fingerprint density at radius 1 is 1.64 bits per heavy atom. The second-order valence-corrected chi connectivity index (χ2v) is 4.37. The summed E-state index contributed by atoms with van der Waals surface area (Å²) in [7, 11) is 2.76. The van der Waals surface area contributed by atoms with Crippen molar-refractivity contribution >= 4 is 9.24 Å². The minimum Gasteiger partial charge on any atom is -0.366 e. The zero-order chi connectivity index (χ0) is 11.2. The van der Waals surface area contributed by atoms with E-state index in [0.29, 0.717) is 5.92 Å². The van der Waals surface area contributed by atoms with E-state index < -0.39 is 5.79 Å². The van der Waals surface area contributed by atoms with Gasteiger partial charge in [0.1, 0.15) is 0 Å². The van der Waals surface area contributed by atoms with Crippen LogP contribution in [0.1, 0.15) is 26.7 Å². The Kier molecular flexibility index (Phi) is 6.26. The first-order chi connectivity index (χ1) is 6.36. The highest BCUT2D eigenvalue weighted by atomic mass is 31.0. The number of hydrogen-bond donors (Lipinski definition) is 2. The molecular weight excluding hydrogens is 195 g/mol. The molecule has 0 bridgehead atoms. The number of allylic oxidation sites excluding steroid dienone is 3. The third-order valence-electron chi connectivity index (χ3n) is 1.81. The topological polar surface area (TPSA) is 40.5 Å². The van der Waals surface area contributed by atoms with E-state index >= 15 is 0 Å². The molecule has 1 aliphatic carbocycles. The summed E-state index contributed by atoms with van der Waals surface area (Å²) in [4.78, 5) is 0. The van der Waals surface area contributed by atoms with E-state index in [-0.39, 0.29) is 0 Å². The van der Waals surface area contributed by atoms with Crippen molar-refractivity contribution in [3.63, 3.8) is 0 Å². The molecule has 0 aromatic heterocycles. The van der Waals surface area contributed by atoms with Crippen molar-refractivity contribution < 1.29 is 10.2 Å². The molecule has 82 valence electrons. The smallest absolute Gasteiger partial charge is 0.156 e. The van der Waals surface area contributed by atoms with Crippen molar-refractivity contribution in [2.75, 3.05) is 6.16 Å². The van der Waals surface area contributed by atoms with Crippen molar-refractivity contribution in [1.82, 2.24) is 0 Å². The van der Waals surface area contributed by atoms with Crippen molar-refractivity contribution in [3.05, 3.63) is 24.3 Å². The van der Waals surface area contributed by atoms with Gasteiger partial charge in [-0.3, -0.25) is 0 Å². The van der Waals surface area contributed by atoms with Crippen LogP contribution in [0.5, 0.6) is 0 Å². The average molecular weight is 216 g/mol. The van der Waals surface area contributed by atoms with Crippen LogP contribution in [0.25, 0.3) is 0 Å². The van der Waals surface area contributed by atoms with Gasteiger partial charge in [-0.05, 0) is 38.8 Å². The Hall–Kier alpha value is -0.170. The summed E-state index contributed by atoms with van der Waals surface area (Å²) in [5.41, 5.74) is 1.57. The van der Waals surface area contributed by atoms with Crippen molar-refractivity contribution in [1.29, 1.82) is 0 Å². The van der Waals surface area contributed by atoms with Gasteiger partial charge in [-0.15, -0.1) is 15.8 Å². The third kappa shape index (κ3) is 8.43. The zero-order valence-electron chi connectivity index (χ0n) is 9.03. The molecule has 2 atom stereocenters. The molecule has 3 heteroatoms. The molecule has 0 radical (unpaired) electrons. The molecule has 0 spiro atoms. The molecule has 2 N–H and O–H groups in total. The summed E-state index contributed by atoms with van der Waals surface area (Å²) in [6, 6.07) is 0. The van der Waals surface area contributed by atoms with Gasteiger partial charge in [-0.25, -0.2) is 0 Å². The van der Waals surface area contributed by atoms with Crippen molar-refractivity contribution in [2.45, 2.75) is 32.5 Å². The Morgan fingerprint density at radius 3 is 2.36 bits per heavy atom. The zero-order valence-corrected chi connectivity index (χ0v) is 10.2. The van der Waals surface area contributed by atoms with Crippen LogP contribution < -0.4 is 0 Å². The van der Waals surface area contributed by atoms with E-state index in [4.69, 9.17) is 10.2 Å². The van der Waals surface area contributed by atoms with Crippen LogP contribution in [-0.4, -0.2) is 22.2 Å². The molecule has 0 fully saturated rings. The minimum absolute atomic E-state index is 0.667. The lowest BCUT2D eigenvalue weighted by atomic mass is 10.1. The standard InChI is InChI=1S/C8H13P.C3H8O2/c1-2-7-3-4-8(5-7)6-9;1-3(2,4)5/h2,5,7H,1,3-4,6,9H2;4-5H,1-2H3. The van der Waals surface area contributed by atoms with Crippen LogP contribution in [0.4, 0.5) is 0 Å². The molecule has 1 rings (SSSR count). The molecule has 1 aliphatic rings. The first-order valence-electron chi connectivity index (χ1n) is 4.83. The van der Waals surface area contributed by atoms with Crippen LogP contribution in [0.3, 0.4) is 0 Å². The maximum absolute atomic E-state index is 8.08. The van der Waals surface area contributed by atoms with Crippen LogP contribution in [-0.2, 0) is 0 Å². The van der Waals surface area contributed by atoms with Gasteiger partial charge in [0.2, 0.25) is 0 Å². The van der Waals surface area contributed by atoms with Crippen LogP contribution in [0, 0.1) is 5.92 Å². The van der Waals surface area contributed by atoms with Gasteiger partial charge in [0.05, 0.1) is 0 Å². The molecule has 0 aromatic rings. The molecule has 2 nitrogen and oxygen atoms in total. The molecule has 0 aromatic carbocycles. The predicted molar refractivity (Wildman–Crippen MR) is 64.1 cm³/mol. The average Bonchev–Trinajstić information content (AvgIpc) is 2.48. The predicted octanol–water partition coefficient (Wildman–Crippen LogP) is 2.09. The lowest BCUT2D eigenvalue weighted by Gasteiger charge is -2.03. The third-order valence-corrected chi connectivity index (χ3v) is 2.34. The van der Waals surface area contributed by atoms with Crippen molar-refractivity contribution in [2.24, 2.45) is 5.92 Å². The Labute approximate surface area is 88.9 Å². The SMILES string of the molecule is C=CC1C=C(CP)CC1.CC(C)(O)O. The molecule has 2 unspecified atom stereocenters. The van der Waals surface area contributed by atoms with Gasteiger partial charge >= 0.3 is 0 Å². The van der Waals surface area contributed by atoms with Crippen LogP contribution >= 0.6 is 9.24 Å². The quantitative estimate of drug-likeness (QED) is 0.421. The molecule has 0 aliphatic heterocycles. The highest BCUT2D eigenvalue weighted by Crippen LogP contribution is 2.25. The molecule has 0 saturated heterocycles. The normalized spacial score (nSPS) is 20.9. The molecule has 0 saturated carbocycles. The Bertz CT molecular complexity index is 198. The summed E-state index contributed by atoms with van der Waals surface area (Å²) in [5, 5.41) is 16.2. The first-order valence-corrected chi connectivity index (χ1v) is 5.65. The van der Waals surface area contributed by atoms with Crippen LogP contribution in [0.15, 0.2) is 24.3 Å². The fourth-order valence-corrected chi connectivity index (χ4v) is 1.52. The fourth-order valence-electron chi connectivity index (χ4n) is 1.18. The van der Waals surface area contributed by atoms with E-state index in [1.807, 2.05) is 6.08 Å². The molecular formula is C11H21O2P. The molecule has 0 amide bonds. The van der Waals surface area contributed by atoms with Crippen molar-refractivity contribution in [3.8, 4) is 0 Å². The van der Waals surface area contributed by atoms with Gasteiger partial charge in [-0.2, -0.15) is 0 Å². The summed E-state index contributed by atoms with van der Waals surface area (Å²) in [5.74, 6) is -0.833. The maximum Gasteiger partial charge on any atom is 0.156 e. The first kappa shape index (κ1) is 13.8. The van der Waals surface area contributed by atoms with Gasteiger partial charge in [0.15, 0.2) is 5.79 Å². The summed E-state index contributed by atoms with van der Waals surface area (Å²) < 4.78 is 0. The second kappa shape index (κ2) is 6.34. The van der Waals surface area contributed by atoms with E-state index in [2.05, 4.69) is 21.9 Å². The largest absolute Gasteiger partial charge is 0.366 e. The van der Waals surface area contributed by atoms with E-state index in [1.54, 1.807) is 5.57 Å². The second-order valence-electron chi connectivity index (χ2n) is 3.96. The lowest BCUT2D eigenvalue weighted by molar-refractivity contribution is -0.127. The maximum atomic E-state index is 8.08.